The Kier molecular flexibility index (Phi) is 3.85. The zero-order valence-corrected chi connectivity index (χ0v) is 10.9. The van der Waals surface area contributed by atoms with Crippen LogP contribution in [0, 0.1) is 0 Å². The number of nitrogens with zero attached hydrogens (tertiary/aromatic N) is 5. The van der Waals surface area contributed by atoms with Gasteiger partial charge < -0.3 is 10.2 Å². The Morgan fingerprint density at radius 1 is 1.28 bits per heavy atom. The predicted octanol–water partition coefficient (Wildman–Crippen LogP) is 0.292. The van der Waals surface area contributed by atoms with Gasteiger partial charge in [-0.25, -0.2) is 10.8 Å². The van der Waals surface area contributed by atoms with E-state index < -0.39 is 0 Å². The number of thiazole rings is 1. The molecule has 0 radical (unpaired) electrons. The molecule has 8 nitrogen and oxygen atoms in total. The van der Waals surface area contributed by atoms with Crippen LogP contribution in [-0.4, -0.2) is 34.0 Å². The van der Waals surface area contributed by atoms with Crippen molar-refractivity contribution < 1.29 is 0 Å². The Hall–Kier alpha value is -2.00. The van der Waals surface area contributed by atoms with Crippen molar-refractivity contribution in [1.82, 2.24) is 19.9 Å². The highest BCUT2D eigenvalue weighted by atomic mass is 32.1. The molecule has 96 valence electrons. The van der Waals surface area contributed by atoms with Crippen molar-refractivity contribution in [2.24, 2.45) is 5.84 Å². The molecule has 2 aromatic heterocycles. The third kappa shape index (κ3) is 3.02. The number of nitrogens with one attached hydrogen (secondary N) is 2. The van der Waals surface area contributed by atoms with Gasteiger partial charge in [0.25, 0.3) is 0 Å². The zero-order chi connectivity index (χ0) is 13.0. The van der Waals surface area contributed by atoms with Crippen molar-refractivity contribution in [1.29, 1.82) is 0 Å². The Labute approximate surface area is 108 Å². The second-order valence-electron chi connectivity index (χ2n) is 3.60. The van der Waals surface area contributed by atoms with Gasteiger partial charge in [0, 0.05) is 25.7 Å². The van der Waals surface area contributed by atoms with Crippen molar-refractivity contribution in [3.05, 3.63) is 16.6 Å². The fourth-order valence-corrected chi connectivity index (χ4v) is 1.76. The third-order valence-electron chi connectivity index (χ3n) is 2.03. The van der Waals surface area contributed by atoms with Crippen LogP contribution in [0.1, 0.15) is 5.01 Å². The molecule has 4 N–H and O–H groups in total. The molecule has 0 aliphatic carbocycles. The van der Waals surface area contributed by atoms with Crippen molar-refractivity contribution >= 4 is 29.2 Å². The number of rotatable bonds is 5. The summed E-state index contributed by atoms with van der Waals surface area (Å²) in [5.41, 5.74) is 2.41. The first-order valence-electron chi connectivity index (χ1n) is 5.21. The largest absolute Gasteiger partial charge is 0.348 e. The van der Waals surface area contributed by atoms with Gasteiger partial charge in [-0.05, 0) is 0 Å². The molecule has 2 aromatic rings. The molecule has 0 saturated carbocycles. The first-order valence-corrected chi connectivity index (χ1v) is 6.09. The summed E-state index contributed by atoms with van der Waals surface area (Å²) >= 11 is 1.57. The van der Waals surface area contributed by atoms with Crippen LogP contribution in [-0.2, 0) is 6.54 Å². The molecule has 0 atom stereocenters. The molecule has 0 saturated heterocycles. The van der Waals surface area contributed by atoms with Gasteiger partial charge in [0.15, 0.2) is 0 Å². The molecule has 0 amide bonds. The van der Waals surface area contributed by atoms with Gasteiger partial charge in [-0.1, -0.05) is 0 Å². The Balaban J connectivity index is 2.13. The van der Waals surface area contributed by atoms with Crippen molar-refractivity contribution in [3.8, 4) is 0 Å². The van der Waals surface area contributed by atoms with Gasteiger partial charge in [-0.3, -0.25) is 5.43 Å². The maximum atomic E-state index is 5.32. The smallest absolute Gasteiger partial charge is 0.243 e. The highest BCUT2D eigenvalue weighted by molar-refractivity contribution is 7.09. The van der Waals surface area contributed by atoms with Crippen LogP contribution in [0.15, 0.2) is 11.6 Å². The molecule has 9 heteroatoms. The number of hydrogen-bond donors (Lipinski definition) is 3. The van der Waals surface area contributed by atoms with Gasteiger partial charge in [0.2, 0.25) is 17.8 Å². The average molecular weight is 266 g/mol. The van der Waals surface area contributed by atoms with Crippen LogP contribution < -0.4 is 21.5 Å². The van der Waals surface area contributed by atoms with Crippen LogP contribution in [0.25, 0.3) is 0 Å². The number of nitrogens with two attached hydrogens (primary N) is 1. The number of nitrogen functional groups attached to an aromatic ring is 1. The summed E-state index contributed by atoms with van der Waals surface area (Å²) in [5, 5.41) is 5.96. The minimum absolute atomic E-state index is 0.315. The molecule has 2 heterocycles. The van der Waals surface area contributed by atoms with E-state index in [-0.39, 0.29) is 0 Å². The molecule has 0 fully saturated rings. The van der Waals surface area contributed by atoms with E-state index in [4.69, 9.17) is 5.84 Å². The van der Waals surface area contributed by atoms with Gasteiger partial charge in [0.1, 0.15) is 5.01 Å². The summed E-state index contributed by atoms with van der Waals surface area (Å²) in [5.74, 6) is 6.62. The summed E-state index contributed by atoms with van der Waals surface area (Å²) in [6.45, 7) is 0.568. The second-order valence-corrected chi connectivity index (χ2v) is 4.58. The predicted molar refractivity (Wildman–Crippen MR) is 71.4 cm³/mol. The van der Waals surface area contributed by atoms with E-state index in [0.717, 1.165) is 5.01 Å². The first kappa shape index (κ1) is 12.5. The molecule has 2 rings (SSSR count). The van der Waals surface area contributed by atoms with E-state index in [1.165, 1.54) is 0 Å². The summed E-state index contributed by atoms with van der Waals surface area (Å²) in [4.78, 5) is 18.4. The highest BCUT2D eigenvalue weighted by Crippen LogP contribution is 2.12. The van der Waals surface area contributed by atoms with Crippen molar-refractivity contribution in [2.75, 3.05) is 29.7 Å². The summed E-state index contributed by atoms with van der Waals surface area (Å²) in [7, 11) is 3.69. The Morgan fingerprint density at radius 2 is 2.06 bits per heavy atom. The second kappa shape index (κ2) is 5.56. The van der Waals surface area contributed by atoms with Crippen LogP contribution in [0.4, 0.5) is 17.8 Å². The lowest BCUT2D eigenvalue weighted by atomic mass is 10.6. The number of anilines is 3. The first-order chi connectivity index (χ1) is 8.69. The molecule has 0 aromatic carbocycles. The minimum Gasteiger partial charge on any atom is -0.348 e. The standard InChI is InChI=1S/C9H14N8S/c1-17(2)9-14-7(13-8(15-9)16-10)12-5-6-11-3-4-18-6/h3-4H,5,10H2,1-2H3,(H2,12,13,14,15,16). The van der Waals surface area contributed by atoms with Crippen molar-refractivity contribution in [2.45, 2.75) is 6.54 Å². The maximum absolute atomic E-state index is 5.32. The molecule has 0 unspecified atom stereocenters. The topological polar surface area (TPSA) is 105 Å². The SMILES string of the molecule is CN(C)c1nc(NN)nc(NCc2nccs2)n1. The minimum atomic E-state index is 0.315. The fourth-order valence-electron chi connectivity index (χ4n) is 1.20. The third-order valence-corrected chi connectivity index (χ3v) is 2.81. The summed E-state index contributed by atoms with van der Waals surface area (Å²) < 4.78 is 0. The summed E-state index contributed by atoms with van der Waals surface area (Å²) in [6.07, 6.45) is 1.76. The average Bonchev–Trinajstić information content (AvgIpc) is 2.89. The molecule has 0 bridgehead atoms. The Bertz CT molecular complexity index is 497. The van der Waals surface area contributed by atoms with Crippen LogP contribution in [0.3, 0.4) is 0 Å². The molecular weight excluding hydrogens is 252 g/mol. The molecule has 18 heavy (non-hydrogen) atoms. The van der Waals surface area contributed by atoms with Crippen LogP contribution in [0.5, 0.6) is 0 Å². The Morgan fingerprint density at radius 3 is 2.67 bits per heavy atom. The molecule has 0 spiro atoms. The molecule has 0 aliphatic heterocycles. The quantitative estimate of drug-likeness (QED) is 0.524. The maximum Gasteiger partial charge on any atom is 0.243 e. The van der Waals surface area contributed by atoms with E-state index in [1.54, 1.807) is 22.4 Å². The van der Waals surface area contributed by atoms with Gasteiger partial charge in [-0.2, -0.15) is 15.0 Å². The lowest BCUT2D eigenvalue weighted by Crippen LogP contribution is -2.19. The van der Waals surface area contributed by atoms with E-state index in [1.807, 2.05) is 19.5 Å². The van der Waals surface area contributed by atoms with Crippen molar-refractivity contribution in [3.63, 3.8) is 0 Å². The molecule has 0 aliphatic rings. The number of hydrogen-bond acceptors (Lipinski definition) is 9. The summed E-state index contributed by atoms with van der Waals surface area (Å²) in [6, 6.07) is 0. The zero-order valence-electron chi connectivity index (χ0n) is 10.1. The normalized spacial score (nSPS) is 10.2. The van der Waals surface area contributed by atoms with E-state index in [0.29, 0.717) is 24.4 Å². The lowest BCUT2D eigenvalue weighted by Gasteiger charge is -2.12. The van der Waals surface area contributed by atoms with Gasteiger partial charge in [0.05, 0.1) is 6.54 Å². The van der Waals surface area contributed by atoms with Crippen LogP contribution in [0.2, 0.25) is 0 Å². The number of aromatic nitrogens is 4. The molecular formula is C9H14N8S. The van der Waals surface area contributed by atoms with Gasteiger partial charge in [-0.15, -0.1) is 11.3 Å². The van der Waals surface area contributed by atoms with E-state index in [2.05, 4.69) is 30.7 Å². The lowest BCUT2D eigenvalue weighted by molar-refractivity contribution is 0.937. The number of hydrazine groups is 1. The fraction of sp³-hybridized carbons (Fsp3) is 0.333. The van der Waals surface area contributed by atoms with E-state index >= 15 is 0 Å². The monoisotopic (exact) mass is 266 g/mol. The van der Waals surface area contributed by atoms with Gasteiger partial charge >= 0.3 is 0 Å². The van der Waals surface area contributed by atoms with Crippen LogP contribution >= 0.6 is 11.3 Å². The highest BCUT2D eigenvalue weighted by Gasteiger charge is 2.07. The van der Waals surface area contributed by atoms with E-state index in [9.17, 15) is 0 Å².